The molecule has 5 nitrogen and oxygen atoms in total. The number of aliphatic hydroxyl groups is 1. The summed E-state index contributed by atoms with van der Waals surface area (Å²) in [4.78, 5) is 27.9. The Morgan fingerprint density at radius 1 is 1.03 bits per heavy atom. The summed E-state index contributed by atoms with van der Waals surface area (Å²) in [7, 11) is 0. The molecule has 174 valence electrons. The van der Waals surface area contributed by atoms with Crippen molar-refractivity contribution in [3.63, 3.8) is 0 Å². The predicted octanol–water partition coefficient (Wildman–Crippen LogP) is 5.90. The molecular formula is C29H29NO4. The number of nitrogens with zero attached hydrogens (tertiary/aromatic N) is 1. The number of hydrogen-bond donors (Lipinski definition) is 1. The van der Waals surface area contributed by atoms with Gasteiger partial charge in [-0.2, -0.15) is 0 Å². The molecule has 1 aliphatic heterocycles. The summed E-state index contributed by atoms with van der Waals surface area (Å²) in [6.45, 7) is 4.39. The summed E-state index contributed by atoms with van der Waals surface area (Å²) in [6, 6.07) is 16.6. The zero-order valence-electron chi connectivity index (χ0n) is 19.6. The molecular weight excluding hydrogens is 426 g/mol. The van der Waals surface area contributed by atoms with Crippen molar-refractivity contribution in [3.05, 3.63) is 100 Å². The zero-order chi connectivity index (χ0) is 23.8. The highest BCUT2D eigenvalue weighted by atomic mass is 16.3. The van der Waals surface area contributed by atoms with Gasteiger partial charge in [0.15, 0.2) is 0 Å². The van der Waals surface area contributed by atoms with Gasteiger partial charge >= 0.3 is 0 Å². The number of likely N-dealkylation sites (tertiary alicyclic amines) is 1. The SMILES string of the molecule is CC(C)c1ccc(C2/C(=C(/O)c3ccc4c(c3)CCCC4)C(=O)C(=O)N2Cc2ccco2)cc1. The number of ketones is 1. The Labute approximate surface area is 199 Å². The lowest BCUT2D eigenvalue weighted by molar-refractivity contribution is -0.140. The van der Waals surface area contributed by atoms with Crippen LogP contribution in [0.3, 0.4) is 0 Å². The molecule has 2 aromatic carbocycles. The topological polar surface area (TPSA) is 70.8 Å². The van der Waals surface area contributed by atoms with E-state index in [0.717, 1.165) is 24.8 Å². The lowest BCUT2D eigenvalue weighted by Gasteiger charge is -2.25. The van der Waals surface area contributed by atoms with Crippen LogP contribution in [0, 0.1) is 0 Å². The lowest BCUT2D eigenvalue weighted by Crippen LogP contribution is -2.29. The smallest absolute Gasteiger partial charge is 0.296 e. The summed E-state index contributed by atoms with van der Waals surface area (Å²) in [5.41, 5.74) is 5.17. The third-order valence-corrected chi connectivity index (χ3v) is 6.99. The average Bonchev–Trinajstić information content (AvgIpc) is 3.46. The van der Waals surface area contributed by atoms with Crippen molar-refractivity contribution in [3.8, 4) is 0 Å². The van der Waals surface area contributed by atoms with Crippen LogP contribution in [0.5, 0.6) is 0 Å². The van der Waals surface area contributed by atoms with Crippen LogP contribution in [-0.2, 0) is 29.0 Å². The Hall–Kier alpha value is -3.60. The number of fused-ring (bicyclic) bond motifs is 1. The minimum atomic E-state index is -0.692. The minimum Gasteiger partial charge on any atom is -0.507 e. The van der Waals surface area contributed by atoms with Gasteiger partial charge in [-0.1, -0.05) is 50.2 Å². The van der Waals surface area contributed by atoms with Crippen LogP contribution >= 0.6 is 0 Å². The highest BCUT2D eigenvalue weighted by molar-refractivity contribution is 6.46. The molecule has 1 aliphatic carbocycles. The Morgan fingerprint density at radius 3 is 2.44 bits per heavy atom. The fourth-order valence-electron chi connectivity index (χ4n) is 5.06. The molecule has 1 saturated heterocycles. The monoisotopic (exact) mass is 455 g/mol. The van der Waals surface area contributed by atoms with Gasteiger partial charge in [0, 0.05) is 5.56 Å². The molecule has 0 bridgehead atoms. The number of amides is 1. The van der Waals surface area contributed by atoms with Crippen LogP contribution in [0.1, 0.15) is 72.2 Å². The maximum absolute atomic E-state index is 13.3. The van der Waals surface area contributed by atoms with E-state index in [1.165, 1.54) is 28.0 Å². The van der Waals surface area contributed by atoms with Gasteiger partial charge in [0.25, 0.3) is 11.7 Å². The van der Waals surface area contributed by atoms with Gasteiger partial charge in [0.05, 0.1) is 24.4 Å². The first-order valence-corrected chi connectivity index (χ1v) is 12.0. The van der Waals surface area contributed by atoms with E-state index in [-0.39, 0.29) is 17.9 Å². The normalized spacial score (nSPS) is 19.6. The van der Waals surface area contributed by atoms with Gasteiger partial charge in [0.1, 0.15) is 11.5 Å². The third-order valence-electron chi connectivity index (χ3n) is 6.99. The minimum absolute atomic E-state index is 0.119. The van der Waals surface area contributed by atoms with Crippen molar-refractivity contribution in [2.24, 2.45) is 0 Å². The van der Waals surface area contributed by atoms with E-state index in [4.69, 9.17) is 4.42 Å². The molecule has 1 aromatic heterocycles. The number of carbonyl (C=O) groups is 2. The number of benzene rings is 2. The molecule has 1 fully saturated rings. The van der Waals surface area contributed by atoms with E-state index >= 15 is 0 Å². The first-order valence-electron chi connectivity index (χ1n) is 12.0. The molecule has 1 unspecified atom stereocenters. The molecule has 2 heterocycles. The van der Waals surface area contributed by atoms with Crippen molar-refractivity contribution in [1.29, 1.82) is 0 Å². The number of furan rings is 1. The van der Waals surface area contributed by atoms with Crippen LogP contribution in [0.15, 0.2) is 70.9 Å². The average molecular weight is 456 g/mol. The first kappa shape index (κ1) is 22.2. The number of Topliss-reactive ketones (excluding diaryl/α,β-unsaturated/α-hetero) is 1. The Balaban J connectivity index is 1.62. The quantitative estimate of drug-likeness (QED) is 0.295. The van der Waals surface area contributed by atoms with Crippen LogP contribution < -0.4 is 0 Å². The number of aliphatic hydroxyl groups excluding tert-OH is 1. The predicted molar refractivity (Wildman–Crippen MR) is 130 cm³/mol. The van der Waals surface area contributed by atoms with E-state index in [1.807, 2.05) is 42.5 Å². The second-order valence-corrected chi connectivity index (χ2v) is 9.52. The van der Waals surface area contributed by atoms with E-state index in [9.17, 15) is 14.7 Å². The Bertz CT molecular complexity index is 1250. The van der Waals surface area contributed by atoms with Crippen LogP contribution in [0.2, 0.25) is 0 Å². The van der Waals surface area contributed by atoms with Gasteiger partial charge in [-0.05, 0) is 72.1 Å². The number of carbonyl (C=O) groups excluding carboxylic acids is 2. The molecule has 2 aliphatic rings. The highest BCUT2D eigenvalue weighted by Crippen LogP contribution is 2.41. The molecule has 34 heavy (non-hydrogen) atoms. The molecule has 1 amide bonds. The number of hydrogen-bond acceptors (Lipinski definition) is 4. The van der Waals surface area contributed by atoms with Gasteiger partial charge in [0.2, 0.25) is 0 Å². The second kappa shape index (κ2) is 8.98. The fourth-order valence-corrected chi connectivity index (χ4v) is 5.06. The fraction of sp³-hybridized carbons (Fsp3) is 0.310. The van der Waals surface area contributed by atoms with Crippen LogP contribution in [0.25, 0.3) is 5.76 Å². The van der Waals surface area contributed by atoms with Crippen LogP contribution in [0.4, 0.5) is 0 Å². The lowest BCUT2D eigenvalue weighted by atomic mass is 9.88. The summed E-state index contributed by atoms with van der Waals surface area (Å²) in [5.74, 6) is -0.473. The number of rotatable bonds is 5. The molecule has 0 spiro atoms. The van der Waals surface area contributed by atoms with Gasteiger partial charge in [-0.3, -0.25) is 9.59 Å². The molecule has 5 rings (SSSR count). The Morgan fingerprint density at radius 2 is 1.76 bits per heavy atom. The molecule has 0 radical (unpaired) electrons. The molecule has 3 aromatic rings. The molecule has 1 N–H and O–H groups in total. The summed E-state index contributed by atoms with van der Waals surface area (Å²) in [6.07, 6.45) is 5.83. The first-order chi connectivity index (χ1) is 16.4. The number of aryl methyl sites for hydroxylation is 2. The third kappa shape index (κ3) is 3.96. The van der Waals surface area contributed by atoms with Crippen molar-refractivity contribution in [2.75, 3.05) is 0 Å². The maximum atomic E-state index is 13.3. The summed E-state index contributed by atoms with van der Waals surface area (Å²) >= 11 is 0. The van der Waals surface area contributed by atoms with Crippen molar-refractivity contribution < 1.29 is 19.1 Å². The maximum Gasteiger partial charge on any atom is 0.296 e. The second-order valence-electron chi connectivity index (χ2n) is 9.52. The van der Waals surface area contributed by atoms with Gasteiger partial charge in [-0.15, -0.1) is 0 Å². The van der Waals surface area contributed by atoms with Crippen molar-refractivity contribution in [2.45, 2.75) is 58.0 Å². The zero-order valence-corrected chi connectivity index (χ0v) is 19.6. The van der Waals surface area contributed by atoms with E-state index in [1.54, 1.807) is 18.4 Å². The van der Waals surface area contributed by atoms with E-state index in [0.29, 0.717) is 17.2 Å². The molecule has 0 saturated carbocycles. The summed E-state index contributed by atoms with van der Waals surface area (Å²) in [5, 5.41) is 11.4. The van der Waals surface area contributed by atoms with Crippen molar-refractivity contribution >= 4 is 17.4 Å². The van der Waals surface area contributed by atoms with Crippen LogP contribution in [-0.4, -0.2) is 21.7 Å². The summed E-state index contributed by atoms with van der Waals surface area (Å²) < 4.78 is 5.47. The highest BCUT2D eigenvalue weighted by Gasteiger charge is 2.46. The van der Waals surface area contributed by atoms with Crippen molar-refractivity contribution in [1.82, 2.24) is 4.90 Å². The molecule has 5 heteroatoms. The van der Waals surface area contributed by atoms with E-state index < -0.39 is 17.7 Å². The largest absolute Gasteiger partial charge is 0.507 e. The van der Waals surface area contributed by atoms with Gasteiger partial charge < -0.3 is 14.4 Å². The molecule has 1 atom stereocenters. The Kier molecular flexibility index (Phi) is 5.86. The van der Waals surface area contributed by atoms with Gasteiger partial charge in [-0.25, -0.2) is 0 Å². The standard InChI is InChI=1S/C29H29NO4/c1-18(2)19-9-12-21(13-10-19)26-25(28(32)29(33)30(26)17-24-8-5-15-34-24)27(31)23-14-11-20-6-3-4-7-22(20)16-23/h5,8-16,18,26,31H,3-4,6-7,17H2,1-2H3/b27-25-. The van der Waals surface area contributed by atoms with E-state index in [2.05, 4.69) is 13.8 Å².